The van der Waals surface area contributed by atoms with Gasteiger partial charge in [0.2, 0.25) is 0 Å². The summed E-state index contributed by atoms with van der Waals surface area (Å²) in [6.45, 7) is 3.85. The topological polar surface area (TPSA) is 130 Å². The zero-order valence-corrected chi connectivity index (χ0v) is 17.8. The van der Waals surface area contributed by atoms with Crippen LogP contribution in [0, 0.1) is 5.92 Å². The Bertz CT molecular complexity index is 1110. The van der Waals surface area contributed by atoms with E-state index in [2.05, 4.69) is 10.3 Å². The molecular weight excluding hydrogens is 394 g/mol. The summed E-state index contributed by atoms with van der Waals surface area (Å²) < 4.78 is 6.90. The van der Waals surface area contributed by atoms with Crippen molar-refractivity contribution in [2.75, 3.05) is 5.73 Å². The third-order valence-electron chi connectivity index (χ3n) is 5.49. The van der Waals surface area contributed by atoms with E-state index in [-0.39, 0.29) is 36.0 Å². The van der Waals surface area contributed by atoms with Crippen LogP contribution in [0.2, 0.25) is 0 Å². The van der Waals surface area contributed by atoms with E-state index in [0.717, 1.165) is 29.2 Å². The van der Waals surface area contributed by atoms with Crippen molar-refractivity contribution in [3.05, 3.63) is 52.9 Å². The lowest BCUT2D eigenvalue weighted by atomic mass is 10.0. The number of aromatic nitrogens is 3. The van der Waals surface area contributed by atoms with Crippen LogP contribution in [0.4, 0.5) is 5.82 Å². The molecule has 2 aromatic heterocycles. The zero-order chi connectivity index (χ0) is 22.1. The first-order chi connectivity index (χ1) is 14.8. The van der Waals surface area contributed by atoms with E-state index in [1.807, 2.05) is 44.2 Å². The van der Waals surface area contributed by atoms with Gasteiger partial charge in [0.25, 0.3) is 5.91 Å². The quantitative estimate of drug-likeness (QED) is 0.546. The average molecular weight is 422 g/mol. The largest absolute Gasteiger partial charge is 0.383 e. The number of anilines is 1. The molecule has 2 heterocycles. The highest BCUT2D eigenvalue weighted by Gasteiger charge is 2.24. The number of carbonyl (C=O) groups excluding carboxylic acids is 2. The van der Waals surface area contributed by atoms with Gasteiger partial charge in [-0.25, -0.2) is 4.68 Å². The summed E-state index contributed by atoms with van der Waals surface area (Å²) in [7, 11) is 0. The Kier molecular flexibility index (Phi) is 5.63. The summed E-state index contributed by atoms with van der Waals surface area (Å²) in [4.78, 5) is 24.4. The molecule has 1 aliphatic carbocycles. The Labute approximate surface area is 180 Å². The molecule has 0 atom stereocenters. The van der Waals surface area contributed by atoms with Crippen molar-refractivity contribution in [1.82, 2.24) is 14.9 Å². The Morgan fingerprint density at radius 1 is 1.19 bits per heavy atom. The first kappa shape index (κ1) is 20.8. The van der Waals surface area contributed by atoms with Gasteiger partial charge >= 0.3 is 0 Å². The molecule has 1 aliphatic rings. The maximum absolute atomic E-state index is 12.5. The monoisotopic (exact) mass is 421 g/mol. The fraction of sp³-hybridized carbons (Fsp3) is 0.391. The Morgan fingerprint density at radius 2 is 1.90 bits per heavy atom. The van der Waals surface area contributed by atoms with Crippen LogP contribution in [0.25, 0.3) is 11.3 Å². The second kappa shape index (κ2) is 8.37. The number of ketones is 1. The number of primary amides is 1. The third-order valence-corrected chi connectivity index (χ3v) is 5.49. The maximum atomic E-state index is 12.5. The Hall–Kier alpha value is -3.42. The molecule has 0 bridgehead atoms. The molecule has 0 spiro atoms. The van der Waals surface area contributed by atoms with Crippen molar-refractivity contribution < 1.29 is 14.1 Å². The van der Waals surface area contributed by atoms with Crippen LogP contribution in [0.15, 0.2) is 34.9 Å². The first-order valence-corrected chi connectivity index (χ1v) is 10.5. The van der Waals surface area contributed by atoms with Crippen molar-refractivity contribution in [1.29, 1.82) is 0 Å². The number of benzene rings is 1. The van der Waals surface area contributed by atoms with Gasteiger partial charge in [-0.05, 0) is 44.6 Å². The summed E-state index contributed by atoms with van der Waals surface area (Å²) in [5.74, 6) is 1.02. The minimum Gasteiger partial charge on any atom is -0.383 e. The lowest BCUT2D eigenvalue weighted by molar-refractivity contribution is -0.118. The SMILES string of the molecule is CC(C)n1nc(-c2ccc(CC(=O)Cc3cc(CC4CC4)no3)cc2)c(C(N)=O)c1N. The highest BCUT2D eigenvalue weighted by atomic mass is 16.5. The molecule has 1 saturated carbocycles. The number of Topliss-reactive ketones (excluding diaryl/α,β-unsaturated/α-hetero) is 1. The van der Waals surface area contributed by atoms with E-state index in [4.69, 9.17) is 16.0 Å². The van der Waals surface area contributed by atoms with E-state index in [1.165, 1.54) is 12.8 Å². The van der Waals surface area contributed by atoms with E-state index >= 15 is 0 Å². The maximum Gasteiger partial charge on any atom is 0.254 e. The second-order valence-corrected chi connectivity index (χ2v) is 8.53. The van der Waals surface area contributed by atoms with Gasteiger partial charge < -0.3 is 16.0 Å². The highest BCUT2D eigenvalue weighted by molar-refractivity contribution is 6.03. The molecule has 0 aliphatic heterocycles. The predicted octanol–water partition coefficient (Wildman–Crippen LogP) is 3.11. The van der Waals surface area contributed by atoms with Crippen molar-refractivity contribution in [2.45, 2.75) is 52.0 Å². The summed E-state index contributed by atoms with van der Waals surface area (Å²) in [5.41, 5.74) is 14.8. The van der Waals surface area contributed by atoms with Crippen LogP contribution in [0.3, 0.4) is 0 Å². The van der Waals surface area contributed by atoms with E-state index in [1.54, 1.807) is 4.68 Å². The van der Waals surface area contributed by atoms with Gasteiger partial charge in [0.05, 0.1) is 12.1 Å². The van der Waals surface area contributed by atoms with Gasteiger partial charge in [-0.1, -0.05) is 29.4 Å². The molecule has 1 aromatic carbocycles. The fourth-order valence-electron chi connectivity index (χ4n) is 3.70. The lowest BCUT2D eigenvalue weighted by Crippen LogP contribution is -2.15. The molecule has 0 saturated heterocycles. The van der Waals surface area contributed by atoms with E-state index in [0.29, 0.717) is 11.5 Å². The fourth-order valence-corrected chi connectivity index (χ4v) is 3.70. The molecule has 8 nitrogen and oxygen atoms in total. The van der Waals surface area contributed by atoms with E-state index in [9.17, 15) is 9.59 Å². The van der Waals surface area contributed by atoms with Crippen LogP contribution in [0.1, 0.15) is 60.1 Å². The van der Waals surface area contributed by atoms with Crippen molar-refractivity contribution in [3.63, 3.8) is 0 Å². The van der Waals surface area contributed by atoms with Crippen LogP contribution < -0.4 is 11.5 Å². The number of hydrogen-bond acceptors (Lipinski definition) is 6. The van der Waals surface area contributed by atoms with Gasteiger partial charge in [-0.15, -0.1) is 0 Å². The Morgan fingerprint density at radius 3 is 2.52 bits per heavy atom. The third kappa shape index (κ3) is 4.68. The van der Waals surface area contributed by atoms with Crippen molar-refractivity contribution >= 4 is 17.5 Å². The minimum atomic E-state index is -0.619. The normalized spacial score (nSPS) is 13.6. The van der Waals surface area contributed by atoms with Crippen molar-refractivity contribution in [2.24, 2.45) is 11.7 Å². The molecule has 0 unspecified atom stereocenters. The molecule has 31 heavy (non-hydrogen) atoms. The number of amides is 1. The number of hydrogen-bond donors (Lipinski definition) is 2. The average Bonchev–Trinajstić information content (AvgIpc) is 3.30. The van der Waals surface area contributed by atoms with Gasteiger partial charge in [0.15, 0.2) is 0 Å². The first-order valence-electron chi connectivity index (χ1n) is 10.5. The number of rotatable bonds is 9. The molecule has 1 amide bonds. The summed E-state index contributed by atoms with van der Waals surface area (Å²) in [5, 5.41) is 8.54. The number of carbonyl (C=O) groups is 2. The van der Waals surface area contributed by atoms with E-state index < -0.39 is 5.91 Å². The van der Waals surface area contributed by atoms with Crippen molar-refractivity contribution in [3.8, 4) is 11.3 Å². The van der Waals surface area contributed by atoms with Crippen LogP contribution >= 0.6 is 0 Å². The number of nitrogens with two attached hydrogens (primary N) is 2. The van der Waals surface area contributed by atoms with Crippen LogP contribution in [-0.2, 0) is 24.1 Å². The molecular formula is C23H27N5O3. The summed E-state index contributed by atoms with van der Waals surface area (Å²) in [6.07, 6.45) is 3.94. The molecule has 4 N–H and O–H groups in total. The molecule has 8 heteroatoms. The molecule has 1 fully saturated rings. The van der Waals surface area contributed by atoms with Gasteiger partial charge in [0.1, 0.15) is 28.6 Å². The Balaban J connectivity index is 1.44. The lowest BCUT2D eigenvalue weighted by Gasteiger charge is -2.06. The minimum absolute atomic E-state index is 0.00961. The number of nitrogen functional groups attached to an aromatic ring is 1. The summed E-state index contributed by atoms with van der Waals surface area (Å²) in [6, 6.07) is 9.22. The smallest absolute Gasteiger partial charge is 0.254 e. The molecule has 4 rings (SSSR count). The molecule has 162 valence electrons. The molecule has 0 radical (unpaired) electrons. The van der Waals surface area contributed by atoms with Crippen LogP contribution in [0.5, 0.6) is 0 Å². The van der Waals surface area contributed by atoms with Crippen LogP contribution in [-0.4, -0.2) is 26.6 Å². The van der Waals surface area contributed by atoms with Gasteiger partial charge in [-0.3, -0.25) is 9.59 Å². The second-order valence-electron chi connectivity index (χ2n) is 8.53. The standard InChI is InChI=1S/C23H27N5O3/c1-13(2)28-22(24)20(23(25)30)21(26-28)16-7-5-15(6-8-16)10-18(29)12-19-11-17(27-31-19)9-14-3-4-14/h5-8,11,13-14H,3-4,9-10,12,24H2,1-2H3,(H2,25,30). The van der Waals surface area contributed by atoms with Gasteiger partial charge in [-0.2, -0.15) is 5.10 Å². The molecule has 3 aromatic rings. The highest BCUT2D eigenvalue weighted by Crippen LogP contribution is 2.32. The summed E-state index contributed by atoms with van der Waals surface area (Å²) >= 11 is 0. The number of nitrogens with zero attached hydrogens (tertiary/aromatic N) is 3. The predicted molar refractivity (Wildman–Crippen MR) is 116 cm³/mol. The zero-order valence-electron chi connectivity index (χ0n) is 17.8. The van der Waals surface area contributed by atoms with Gasteiger partial charge in [0, 0.05) is 24.1 Å².